The summed E-state index contributed by atoms with van der Waals surface area (Å²) in [6.07, 6.45) is 0.343. The number of carbonyl (C=O) groups is 2. The molecule has 0 unspecified atom stereocenters. The highest BCUT2D eigenvalue weighted by Gasteiger charge is 2.13. The Morgan fingerprint density at radius 3 is 2.70 bits per heavy atom. The molecule has 0 radical (unpaired) electrons. The van der Waals surface area contributed by atoms with Crippen molar-refractivity contribution in [2.75, 3.05) is 6.61 Å². The summed E-state index contributed by atoms with van der Waals surface area (Å²) in [4.78, 5) is 21.8. The molecule has 1 amide bonds. The van der Waals surface area contributed by atoms with E-state index in [1.54, 1.807) is 0 Å². The van der Waals surface area contributed by atoms with Crippen LogP contribution in [0.1, 0.15) is 19.8 Å². The third kappa shape index (κ3) is 5.21. The lowest BCUT2D eigenvalue weighted by Gasteiger charge is -2.10. The Morgan fingerprint density at radius 2 is 2.10 bits per heavy atom. The number of amides is 1. The molecule has 1 atom stereocenters. The zero-order chi connectivity index (χ0) is 15.1. The number of carboxylic acid groups (broad SMARTS) is 1. The number of hydrogen-bond donors (Lipinski definition) is 2. The number of nitrogens with one attached hydrogen (secondary N) is 1. The van der Waals surface area contributed by atoms with Gasteiger partial charge in [-0.1, -0.05) is 0 Å². The van der Waals surface area contributed by atoms with Crippen LogP contribution in [0.15, 0.2) is 18.2 Å². The molecule has 0 saturated carbocycles. The molecule has 0 aliphatic carbocycles. The highest BCUT2D eigenvalue weighted by molar-refractivity contribution is 5.83. The first-order valence-electron chi connectivity index (χ1n) is 6.00. The van der Waals surface area contributed by atoms with Gasteiger partial charge < -0.3 is 15.2 Å². The molecule has 2 N–H and O–H groups in total. The smallest absolute Gasteiger partial charge is 0.325 e. The standard InChI is InChI=1S/C13H15F2NO4/c1-8(13(18)19)16-12(17)3-2-6-20-11-5-4-9(14)7-10(11)15/h4-5,7-8H,2-3,6H2,1H3,(H,16,17)(H,18,19)/t8-/m1/s1. The average molecular weight is 287 g/mol. The molecule has 0 heterocycles. The molecule has 0 aromatic heterocycles. The van der Waals surface area contributed by atoms with Crippen molar-refractivity contribution in [1.82, 2.24) is 5.32 Å². The lowest BCUT2D eigenvalue weighted by Crippen LogP contribution is -2.38. The molecule has 0 saturated heterocycles. The van der Waals surface area contributed by atoms with Crippen molar-refractivity contribution >= 4 is 11.9 Å². The van der Waals surface area contributed by atoms with Gasteiger partial charge in [0.2, 0.25) is 5.91 Å². The lowest BCUT2D eigenvalue weighted by molar-refractivity contribution is -0.141. The van der Waals surface area contributed by atoms with Gasteiger partial charge in [-0.3, -0.25) is 9.59 Å². The van der Waals surface area contributed by atoms with Crippen molar-refractivity contribution in [3.63, 3.8) is 0 Å². The Morgan fingerprint density at radius 1 is 1.40 bits per heavy atom. The van der Waals surface area contributed by atoms with E-state index in [0.29, 0.717) is 6.07 Å². The number of hydrogen-bond acceptors (Lipinski definition) is 3. The summed E-state index contributed by atoms with van der Waals surface area (Å²) in [6.45, 7) is 1.42. The number of aliphatic carboxylic acids is 1. The van der Waals surface area contributed by atoms with Crippen LogP contribution in [0, 0.1) is 11.6 Å². The molecule has 20 heavy (non-hydrogen) atoms. The van der Waals surface area contributed by atoms with Crippen LogP contribution in [-0.2, 0) is 9.59 Å². The van der Waals surface area contributed by atoms with Crippen LogP contribution < -0.4 is 10.1 Å². The minimum atomic E-state index is -1.12. The first-order valence-corrected chi connectivity index (χ1v) is 6.00. The number of halogens is 2. The van der Waals surface area contributed by atoms with Crippen molar-refractivity contribution in [3.05, 3.63) is 29.8 Å². The van der Waals surface area contributed by atoms with Gasteiger partial charge in [0.05, 0.1) is 6.61 Å². The molecule has 0 bridgehead atoms. The summed E-state index contributed by atoms with van der Waals surface area (Å²) < 4.78 is 30.9. The van der Waals surface area contributed by atoms with Crippen molar-refractivity contribution < 1.29 is 28.2 Å². The SMILES string of the molecule is C[C@@H](NC(=O)CCCOc1ccc(F)cc1F)C(=O)O. The molecule has 0 spiro atoms. The van der Waals surface area contributed by atoms with Crippen LogP contribution in [0.2, 0.25) is 0 Å². The Bertz CT molecular complexity index is 493. The summed E-state index contributed by atoms with van der Waals surface area (Å²) in [7, 11) is 0. The molecule has 0 aliphatic heterocycles. The average Bonchev–Trinajstić information content (AvgIpc) is 2.36. The first-order chi connectivity index (χ1) is 9.40. The third-order valence-corrected chi connectivity index (χ3v) is 2.45. The normalized spacial score (nSPS) is 11.8. The number of carbonyl (C=O) groups excluding carboxylic acids is 1. The van der Waals surface area contributed by atoms with Crippen molar-refractivity contribution in [1.29, 1.82) is 0 Å². The number of benzene rings is 1. The molecular weight excluding hydrogens is 272 g/mol. The van der Waals surface area contributed by atoms with Crippen LogP contribution in [0.25, 0.3) is 0 Å². The topological polar surface area (TPSA) is 75.6 Å². The minimum Gasteiger partial charge on any atom is -0.491 e. The molecule has 0 aliphatic rings. The fourth-order valence-electron chi connectivity index (χ4n) is 1.38. The maximum atomic E-state index is 13.2. The molecule has 1 aromatic rings. The monoisotopic (exact) mass is 287 g/mol. The molecule has 1 rings (SSSR count). The van der Waals surface area contributed by atoms with E-state index >= 15 is 0 Å². The maximum Gasteiger partial charge on any atom is 0.325 e. The molecule has 0 fully saturated rings. The largest absolute Gasteiger partial charge is 0.491 e. The highest BCUT2D eigenvalue weighted by atomic mass is 19.1. The molecular formula is C13H15F2NO4. The van der Waals surface area contributed by atoms with Gasteiger partial charge in [0, 0.05) is 12.5 Å². The van der Waals surface area contributed by atoms with E-state index in [1.807, 2.05) is 0 Å². The second kappa shape index (κ2) is 7.42. The van der Waals surface area contributed by atoms with Gasteiger partial charge in [-0.05, 0) is 25.5 Å². The van der Waals surface area contributed by atoms with Crippen LogP contribution in [0.5, 0.6) is 5.75 Å². The Labute approximate surface area is 114 Å². The van der Waals surface area contributed by atoms with Gasteiger partial charge in [-0.2, -0.15) is 0 Å². The number of ether oxygens (including phenoxy) is 1. The summed E-state index contributed by atoms with van der Waals surface area (Å²) in [6, 6.07) is 1.98. The fourth-order valence-corrected chi connectivity index (χ4v) is 1.38. The third-order valence-electron chi connectivity index (χ3n) is 2.45. The van der Waals surface area contributed by atoms with E-state index in [4.69, 9.17) is 9.84 Å². The van der Waals surface area contributed by atoms with E-state index in [0.717, 1.165) is 12.1 Å². The van der Waals surface area contributed by atoms with E-state index < -0.39 is 29.6 Å². The van der Waals surface area contributed by atoms with Crippen molar-refractivity contribution in [2.24, 2.45) is 0 Å². The van der Waals surface area contributed by atoms with Crippen LogP contribution in [-0.4, -0.2) is 29.6 Å². The Balaban J connectivity index is 2.28. The van der Waals surface area contributed by atoms with E-state index in [2.05, 4.69) is 5.32 Å². The van der Waals surface area contributed by atoms with Gasteiger partial charge in [-0.25, -0.2) is 8.78 Å². The first kappa shape index (κ1) is 15.9. The van der Waals surface area contributed by atoms with E-state index in [9.17, 15) is 18.4 Å². The summed E-state index contributed by atoms with van der Waals surface area (Å²) in [5, 5.41) is 10.9. The van der Waals surface area contributed by atoms with Gasteiger partial charge in [0.25, 0.3) is 0 Å². The molecule has 7 heteroatoms. The quantitative estimate of drug-likeness (QED) is 0.749. The van der Waals surface area contributed by atoms with Gasteiger partial charge in [0.15, 0.2) is 11.6 Å². The van der Waals surface area contributed by atoms with Crippen LogP contribution in [0.4, 0.5) is 8.78 Å². The predicted octanol–water partition coefficient (Wildman–Crippen LogP) is 1.71. The summed E-state index contributed by atoms with van der Waals surface area (Å²) in [5.74, 6) is -3.15. The lowest BCUT2D eigenvalue weighted by atomic mass is 10.2. The Hall–Kier alpha value is -2.18. The van der Waals surface area contributed by atoms with Gasteiger partial charge >= 0.3 is 5.97 Å². The predicted molar refractivity (Wildman–Crippen MR) is 66.3 cm³/mol. The summed E-state index contributed by atoms with van der Waals surface area (Å²) >= 11 is 0. The van der Waals surface area contributed by atoms with E-state index in [-0.39, 0.29) is 25.2 Å². The fraction of sp³-hybridized carbons (Fsp3) is 0.385. The molecule has 5 nitrogen and oxygen atoms in total. The minimum absolute atomic E-state index is 0.0560. The van der Waals surface area contributed by atoms with Crippen LogP contribution in [0.3, 0.4) is 0 Å². The van der Waals surface area contributed by atoms with Gasteiger partial charge in [-0.15, -0.1) is 0 Å². The molecule has 110 valence electrons. The van der Waals surface area contributed by atoms with Gasteiger partial charge in [0.1, 0.15) is 11.9 Å². The second-order valence-corrected chi connectivity index (χ2v) is 4.15. The zero-order valence-corrected chi connectivity index (χ0v) is 10.9. The van der Waals surface area contributed by atoms with Crippen LogP contribution >= 0.6 is 0 Å². The maximum absolute atomic E-state index is 13.2. The number of carboxylic acids is 1. The highest BCUT2D eigenvalue weighted by Crippen LogP contribution is 2.17. The van der Waals surface area contributed by atoms with Crippen molar-refractivity contribution in [2.45, 2.75) is 25.8 Å². The zero-order valence-electron chi connectivity index (χ0n) is 10.9. The second-order valence-electron chi connectivity index (χ2n) is 4.15. The number of rotatable bonds is 7. The Kier molecular flexibility index (Phi) is 5.89. The van der Waals surface area contributed by atoms with E-state index in [1.165, 1.54) is 6.92 Å². The molecule has 1 aromatic carbocycles. The van der Waals surface area contributed by atoms with Crippen molar-refractivity contribution in [3.8, 4) is 5.75 Å². The summed E-state index contributed by atoms with van der Waals surface area (Å²) in [5.41, 5.74) is 0.